The number of pyridine rings is 1. The largest absolute Gasteiger partial charge is 0.457 e. The second kappa shape index (κ2) is 10.2. The van der Waals surface area contributed by atoms with Gasteiger partial charge in [0, 0.05) is 43.6 Å². The summed E-state index contributed by atoms with van der Waals surface area (Å²) in [5, 5.41) is 14.4. The number of hydrogen-bond donors (Lipinski definition) is 2. The highest BCUT2D eigenvalue weighted by atomic mass is 32.1. The molecule has 1 amide bonds. The minimum Gasteiger partial charge on any atom is -0.457 e. The zero-order valence-electron chi connectivity index (χ0n) is 20.1. The smallest absolute Gasteiger partial charge is 0.253 e. The molecule has 0 spiro atoms. The first kappa shape index (κ1) is 24.1. The van der Waals surface area contributed by atoms with E-state index in [9.17, 15) is 14.3 Å². The van der Waals surface area contributed by atoms with Crippen LogP contribution in [0.4, 0.5) is 9.52 Å². The number of hydrogen-bond acceptors (Lipinski definition) is 7. The van der Waals surface area contributed by atoms with Gasteiger partial charge in [-0.1, -0.05) is 24.2 Å². The summed E-state index contributed by atoms with van der Waals surface area (Å²) < 4.78 is 21.6. The predicted molar refractivity (Wildman–Crippen MR) is 139 cm³/mol. The van der Waals surface area contributed by atoms with Gasteiger partial charge in [-0.3, -0.25) is 9.78 Å². The number of thiazole rings is 1. The molecule has 2 heterocycles. The molecule has 2 N–H and O–H groups in total. The summed E-state index contributed by atoms with van der Waals surface area (Å²) in [7, 11) is 3.30. The Kier molecular flexibility index (Phi) is 6.84. The molecule has 0 saturated heterocycles. The Morgan fingerprint density at radius 2 is 1.92 bits per heavy atom. The topological polar surface area (TPSA) is 87.6 Å². The van der Waals surface area contributed by atoms with Crippen molar-refractivity contribution < 1.29 is 19.0 Å². The third kappa shape index (κ3) is 5.17. The number of anilines is 1. The summed E-state index contributed by atoms with van der Waals surface area (Å²) in [6, 6.07) is 13.2. The standard InChI is InChI=1S/C27H27FN4O3S/c1-32(2)26(34)16-7-9-20(28)19(13-16)23-14-18(11-12-29-23)35-17-8-10-22-25(15-17)36-27(31-22)30-21-5-3-4-6-24(21)33/h7-15,21,24,33H,3-6H2,1-2H3,(H,30,31)/t21-,24-/m1/s1. The van der Waals surface area contributed by atoms with Gasteiger partial charge < -0.3 is 20.1 Å². The Morgan fingerprint density at radius 3 is 2.72 bits per heavy atom. The van der Waals surface area contributed by atoms with Crippen LogP contribution in [0, 0.1) is 5.82 Å². The van der Waals surface area contributed by atoms with Crippen LogP contribution in [-0.4, -0.2) is 52.1 Å². The fourth-order valence-electron chi connectivity index (χ4n) is 4.34. The Morgan fingerprint density at radius 1 is 1.11 bits per heavy atom. The molecule has 0 radical (unpaired) electrons. The van der Waals surface area contributed by atoms with Crippen LogP contribution in [0.15, 0.2) is 54.7 Å². The van der Waals surface area contributed by atoms with E-state index in [0.29, 0.717) is 22.8 Å². The number of ether oxygens (including phenoxy) is 1. The molecule has 5 rings (SSSR count). The first-order chi connectivity index (χ1) is 17.4. The van der Waals surface area contributed by atoms with Gasteiger partial charge in [-0.25, -0.2) is 9.37 Å². The number of amides is 1. The third-order valence-corrected chi connectivity index (χ3v) is 7.21. The summed E-state index contributed by atoms with van der Waals surface area (Å²) in [5.74, 6) is 0.429. The van der Waals surface area contributed by atoms with Crippen molar-refractivity contribution in [2.24, 2.45) is 0 Å². The minimum atomic E-state index is -0.468. The Labute approximate surface area is 212 Å². The molecule has 4 aromatic rings. The van der Waals surface area contributed by atoms with Gasteiger partial charge in [0.2, 0.25) is 0 Å². The molecule has 9 heteroatoms. The highest BCUT2D eigenvalue weighted by Gasteiger charge is 2.23. The third-order valence-electron chi connectivity index (χ3n) is 6.26. The van der Waals surface area contributed by atoms with E-state index in [0.717, 1.165) is 41.0 Å². The van der Waals surface area contributed by atoms with Crippen molar-refractivity contribution in [1.82, 2.24) is 14.9 Å². The lowest BCUT2D eigenvalue weighted by molar-refractivity contribution is 0.0827. The highest BCUT2D eigenvalue weighted by molar-refractivity contribution is 7.22. The van der Waals surface area contributed by atoms with Gasteiger partial charge in [0.25, 0.3) is 5.91 Å². The van der Waals surface area contributed by atoms with E-state index in [1.165, 1.54) is 34.4 Å². The van der Waals surface area contributed by atoms with E-state index >= 15 is 0 Å². The summed E-state index contributed by atoms with van der Waals surface area (Å²) in [6.45, 7) is 0. The monoisotopic (exact) mass is 506 g/mol. The summed E-state index contributed by atoms with van der Waals surface area (Å²) >= 11 is 1.52. The highest BCUT2D eigenvalue weighted by Crippen LogP contribution is 2.34. The molecule has 1 aliphatic rings. The fraction of sp³-hybridized carbons (Fsp3) is 0.296. The first-order valence-electron chi connectivity index (χ1n) is 11.9. The average molecular weight is 507 g/mol. The molecule has 2 aromatic heterocycles. The zero-order chi connectivity index (χ0) is 25.2. The predicted octanol–water partition coefficient (Wildman–Crippen LogP) is 5.71. The van der Waals surface area contributed by atoms with E-state index in [4.69, 9.17) is 4.74 Å². The van der Waals surface area contributed by atoms with Crippen molar-refractivity contribution in [2.75, 3.05) is 19.4 Å². The number of nitrogens with zero attached hydrogens (tertiary/aromatic N) is 3. The van der Waals surface area contributed by atoms with E-state index < -0.39 is 5.82 Å². The SMILES string of the molecule is CN(C)C(=O)c1ccc(F)c(-c2cc(Oc3ccc4nc(N[C@@H]5CCCC[C@H]5O)sc4c3)ccn2)c1. The molecule has 1 saturated carbocycles. The number of aliphatic hydroxyl groups excluding tert-OH is 1. The van der Waals surface area contributed by atoms with E-state index in [2.05, 4.69) is 15.3 Å². The van der Waals surface area contributed by atoms with Crippen LogP contribution in [0.2, 0.25) is 0 Å². The Hall–Kier alpha value is -3.56. The molecule has 186 valence electrons. The number of carbonyl (C=O) groups is 1. The second-order valence-corrected chi connectivity index (χ2v) is 10.2. The van der Waals surface area contributed by atoms with Gasteiger partial charge in [0.15, 0.2) is 5.13 Å². The van der Waals surface area contributed by atoms with Gasteiger partial charge in [0.1, 0.15) is 17.3 Å². The van der Waals surface area contributed by atoms with Crippen molar-refractivity contribution in [3.05, 3.63) is 66.1 Å². The number of benzene rings is 2. The Bertz CT molecular complexity index is 1410. The van der Waals surface area contributed by atoms with E-state index in [1.807, 2.05) is 18.2 Å². The van der Waals surface area contributed by atoms with Crippen LogP contribution in [0.5, 0.6) is 11.5 Å². The van der Waals surface area contributed by atoms with E-state index in [1.54, 1.807) is 32.4 Å². The normalized spacial score (nSPS) is 17.7. The van der Waals surface area contributed by atoms with Crippen molar-refractivity contribution in [2.45, 2.75) is 37.8 Å². The number of nitrogens with one attached hydrogen (secondary N) is 1. The van der Waals surface area contributed by atoms with Gasteiger partial charge in [-0.2, -0.15) is 0 Å². The van der Waals surface area contributed by atoms with Gasteiger partial charge in [0.05, 0.1) is 28.1 Å². The maximum atomic E-state index is 14.6. The number of carbonyl (C=O) groups excluding carboxylic acids is 1. The molecule has 0 aliphatic heterocycles. The fourth-order valence-corrected chi connectivity index (χ4v) is 5.30. The van der Waals surface area contributed by atoms with Crippen LogP contribution in [0.1, 0.15) is 36.0 Å². The lowest BCUT2D eigenvalue weighted by atomic mass is 9.93. The maximum Gasteiger partial charge on any atom is 0.253 e. The van der Waals surface area contributed by atoms with Gasteiger partial charge in [-0.05, 0) is 49.2 Å². The van der Waals surface area contributed by atoms with Gasteiger partial charge >= 0.3 is 0 Å². The van der Waals surface area contributed by atoms with Crippen molar-refractivity contribution >= 4 is 32.6 Å². The van der Waals surface area contributed by atoms with Crippen LogP contribution in [0.3, 0.4) is 0 Å². The summed E-state index contributed by atoms with van der Waals surface area (Å²) in [6.07, 6.45) is 5.11. The molecule has 2 aromatic carbocycles. The van der Waals surface area contributed by atoms with Crippen LogP contribution in [0.25, 0.3) is 21.5 Å². The summed E-state index contributed by atoms with van der Waals surface area (Å²) in [4.78, 5) is 22.7. The first-order valence-corrected chi connectivity index (χ1v) is 12.7. The van der Waals surface area contributed by atoms with Crippen molar-refractivity contribution in [3.8, 4) is 22.8 Å². The zero-order valence-corrected chi connectivity index (χ0v) is 20.9. The number of aliphatic hydroxyl groups is 1. The van der Waals surface area contributed by atoms with E-state index in [-0.39, 0.29) is 23.6 Å². The molecule has 36 heavy (non-hydrogen) atoms. The molecule has 0 unspecified atom stereocenters. The number of halogens is 1. The maximum absolute atomic E-state index is 14.6. The molecule has 7 nitrogen and oxygen atoms in total. The van der Waals surface area contributed by atoms with Crippen molar-refractivity contribution in [1.29, 1.82) is 0 Å². The number of fused-ring (bicyclic) bond motifs is 1. The molecular formula is C27H27FN4O3S. The lowest BCUT2D eigenvalue weighted by Gasteiger charge is -2.27. The number of rotatable bonds is 6. The minimum absolute atomic E-state index is 0.0252. The van der Waals surface area contributed by atoms with Crippen LogP contribution >= 0.6 is 11.3 Å². The quantitative estimate of drug-likeness (QED) is 0.349. The van der Waals surface area contributed by atoms with Crippen molar-refractivity contribution in [3.63, 3.8) is 0 Å². The molecule has 0 bridgehead atoms. The number of aromatic nitrogens is 2. The molecule has 1 fully saturated rings. The lowest BCUT2D eigenvalue weighted by Crippen LogP contribution is -2.36. The second-order valence-electron chi connectivity index (χ2n) is 9.12. The summed E-state index contributed by atoms with van der Waals surface area (Å²) in [5.41, 5.74) is 1.83. The van der Waals surface area contributed by atoms with Crippen LogP contribution < -0.4 is 10.1 Å². The van der Waals surface area contributed by atoms with Crippen LogP contribution in [-0.2, 0) is 0 Å². The Balaban J connectivity index is 1.36. The van der Waals surface area contributed by atoms with Gasteiger partial charge in [-0.15, -0.1) is 0 Å². The molecule has 1 aliphatic carbocycles. The molecular weight excluding hydrogens is 479 g/mol. The average Bonchev–Trinajstić information content (AvgIpc) is 3.27. The molecule has 2 atom stereocenters.